The Kier molecular flexibility index (Phi) is 2.13. The highest BCUT2D eigenvalue weighted by atomic mass is 16.5. The van der Waals surface area contributed by atoms with Crippen LogP contribution < -0.4 is 0 Å². The second kappa shape index (κ2) is 3.27. The second-order valence-corrected chi connectivity index (χ2v) is 3.42. The first-order valence-corrected chi connectivity index (χ1v) is 4.42. The van der Waals surface area contributed by atoms with Crippen molar-refractivity contribution in [3.05, 3.63) is 18.0 Å². The smallest absolute Gasteiger partial charge is 0.139 e. The number of aromatic nitrogens is 2. The Balaban J connectivity index is 1.75. The van der Waals surface area contributed by atoms with Crippen molar-refractivity contribution in [1.29, 1.82) is 0 Å². The molecule has 0 aliphatic heterocycles. The molecule has 0 unspecified atom stereocenters. The lowest BCUT2D eigenvalue weighted by atomic mass is 10.5. The Morgan fingerprint density at radius 3 is 3.08 bits per heavy atom. The van der Waals surface area contributed by atoms with Crippen LogP contribution in [0.2, 0.25) is 0 Å². The summed E-state index contributed by atoms with van der Waals surface area (Å²) in [5.41, 5.74) is 1.16. The van der Waals surface area contributed by atoms with E-state index in [1.165, 1.54) is 12.8 Å². The van der Waals surface area contributed by atoms with Crippen molar-refractivity contribution in [2.75, 3.05) is 6.61 Å². The molecular formula is C9H14N2O. The molecule has 0 radical (unpaired) electrons. The Morgan fingerprint density at radius 1 is 1.67 bits per heavy atom. The van der Waals surface area contributed by atoms with E-state index in [4.69, 9.17) is 4.74 Å². The maximum Gasteiger partial charge on any atom is 0.139 e. The Labute approximate surface area is 72.3 Å². The standard InChI is InChI=1S/C9H14N2O/c1-8-4-5-10-11(8)7-12-6-9-2-3-9/h4-5,9H,2-3,6-7H2,1H3. The molecule has 0 bridgehead atoms. The Morgan fingerprint density at radius 2 is 2.50 bits per heavy atom. The van der Waals surface area contributed by atoms with E-state index in [1.807, 2.05) is 17.7 Å². The highest BCUT2D eigenvalue weighted by Gasteiger charge is 2.21. The summed E-state index contributed by atoms with van der Waals surface area (Å²) in [7, 11) is 0. The molecule has 3 heteroatoms. The van der Waals surface area contributed by atoms with Gasteiger partial charge < -0.3 is 4.74 Å². The molecule has 1 aromatic heterocycles. The van der Waals surface area contributed by atoms with Crippen LogP contribution in [-0.4, -0.2) is 16.4 Å². The minimum absolute atomic E-state index is 0.606. The van der Waals surface area contributed by atoms with E-state index < -0.39 is 0 Å². The fraction of sp³-hybridized carbons (Fsp3) is 0.667. The van der Waals surface area contributed by atoms with Crippen molar-refractivity contribution >= 4 is 0 Å². The van der Waals surface area contributed by atoms with Gasteiger partial charge in [0.2, 0.25) is 0 Å². The van der Waals surface area contributed by atoms with Crippen molar-refractivity contribution in [3.8, 4) is 0 Å². The number of ether oxygens (including phenoxy) is 1. The van der Waals surface area contributed by atoms with E-state index in [-0.39, 0.29) is 0 Å². The van der Waals surface area contributed by atoms with Gasteiger partial charge in [-0.15, -0.1) is 0 Å². The highest BCUT2D eigenvalue weighted by Crippen LogP contribution is 2.28. The van der Waals surface area contributed by atoms with E-state index in [0.29, 0.717) is 6.73 Å². The highest BCUT2D eigenvalue weighted by molar-refractivity contribution is 4.95. The van der Waals surface area contributed by atoms with Gasteiger partial charge in [0.1, 0.15) is 6.73 Å². The van der Waals surface area contributed by atoms with Crippen LogP contribution in [0, 0.1) is 12.8 Å². The fourth-order valence-corrected chi connectivity index (χ4v) is 1.12. The molecule has 1 aliphatic carbocycles. The summed E-state index contributed by atoms with van der Waals surface area (Å²) in [6.45, 7) is 3.54. The van der Waals surface area contributed by atoms with Gasteiger partial charge in [0, 0.05) is 11.9 Å². The predicted molar refractivity (Wildman–Crippen MR) is 45.6 cm³/mol. The molecule has 1 aliphatic rings. The maximum absolute atomic E-state index is 5.48. The third-order valence-corrected chi connectivity index (χ3v) is 2.19. The number of aryl methyl sites for hydroxylation is 1. The summed E-state index contributed by atoms with van der Waals surface area (Å²) in [5, 5.41) is 4.12. The van der Waals surface area contributed by atoms with E-state index in [9.17, 15) is 0 Å². The van der Waals surface area contributed by atoms with Gasteiger partial charge in [-0.3, -0.25) is 0 Å². The molecule has 0 spiro atoms. The summed E-state index contributed by atoms with van der Waals surface area (Å²) < 4.78 is 7.36. The molecule has 0 N–H and O–H groups in total. The van der Waals surface area contributed by atoms with E-state index in [0.717, 1.165) is 18.2 Å². The maximum atomic E-state index is 5.48. The van der Waals surface area contributed by atoms with E-state index in [2.05, 4.69) is 5.10 Å². The lowest BCUT2D eigenvalue weighted by Crippen LogP contribution is -2.07. The summed E-state index contributed by atoms with van der Waals surface area (Å²) in [6, 6.07) is 1.99. The monoisotopic (exact) mass is 166 g/mol. The molecule has 0 saturated heterocycles. The van der Waals surface area contributed by atoms with Crippen LogP contribution in [0.5, 0.6) is 0 Å². The van der Waals surface area contributed by atoms with Crippen molar-refractivity contribution < 1.29 is 4.74 Å². The molecule has 1 fully saturated rings. The first-order valence-electron chi connectivity index (χ1n) is 4.42. The van der Waals surface area contributed by atoms with Crippen molar-refractivity contribution in [2.24, 2.45) is 5.92 Å². The predicted octanol–water partition coefficient (Wildman–Crippen LogP) is 1.58. The summed E-state index contributed by atoms with van der Waals surface area (Å²) in [4.78, 5) is 0. The lowest BCUT2D eigenvalue weighted by molar-refractivity contribution is 0.0599. The van der Waals surface area contributed by atoms with E-state index in [1.54, 1.807) is 6.20 Å². The number of hydrogen-bond donors (Lipinski definition) is 0. The fourth-order valence-electron chi connectivity index (χ4n) is 1.12. The van der Waals surface area contributed by atoms with Gasteiger partial charge in [0.15, 0.2) is 0 Å². The van der Waals surface area contributed by atoms with Gasteiger partial charge in [-0.1, -0.05) is 0 Å². The molecule has 3 nitrogen and oxygen atoms in total. The molecule has 0 amide bonds. The molecule has 66 valence electrons. The number of rotatable bonds is 4. The van der Waals surface area contributed by atoms with Crippen LogP contribution in [0.3, 0.4) is 0 Å². The van der Waals surface area contributed by atoms with Crippen molar-refractivity contribution in [1.82, 2.24) is 9.78 Å². The van der Waals surface area contributed by atoms with Gasteiger partial charge in [-0.05, 0) is 31.7 Å². The van der Waals surface area contributed by atoms with Crippen LogP contribution in [0.1, 0.15) is 18.5 Å². The first-order chi connectivity index (χ1) is 5.86. The van der Waals surface area contributed by atoms with Gasteiger partial charge in [0.25, 0.3) is 0 Å². The third kappa shape index (κ3) is 1.85. The summed E-state index contributed by atoms with van der Waals surface area (Å²) in [6.07, 6.45) is 4.49. The summed E-state index contributed by atoms with van der Waals surface area (Å²) >= 11 is 0. The quantitative estimate of drug-likeness (QED) is 0.679. The zero-order valence-corrected chi connectivity index (χ0v) is 7.36. The van der Waals surface area contributed by atoms with Gasteiger partial charge in [0.05, 0.1) is 6.61 Å². The minimum Gasteiger partial charge on any atom is -0.359 e. The Hall–Kier alpha value is -0.830. The molecule has 1 heterocycles. The molecule has 0 atom stereocenters. The van der Waals surface area contributed by atoms with Crippen LogP contribution >= 0.6 is 0 Å². The molecular weight excluding hydrogens is 152 g/mol. The van der Waals surface area contributed by atoms with E-state index >= 15 is 0 Å². The molecule has 1 aromatic rings. The SMILES string of the molecule is Cc1ccnn1COCC1CC1. The first kappa shape index (κ1) is 7.80. The average molecular weight is 166 g/mol. The topological polar surface area (TPSA) is 27.1 Å². The van der Waals surface area contributed by atoms with Crippen LogP contribution in [-0.2, 0) is 11.5 Å². The van der Waals surface area contributed by atoms with Crippen molar-refractivity contribution in [3.63, 3.8) is 0 Å². The minimum atomic E-state index is 0.606. The number of hydrogen-bond acceptors (Lipinski definition) is 2. The number of nitrogens with zero attached hydrogens (tertiary/aromatic N) is 2. The zero-order valence-electron chi connectivity index (χ0n) is 7.36. The van der Waals surface area contributed by atoms with Crippen LogP contribution in [0.25, 0.3) is 0 Å². The third-order valence-electron chi connectivity index (χ3n) is 2.19. The summed E-state index contributed by atoms with van der Waals surface area (Å²) in [5.74, 6) is 0.834. The lowest BCUT2D eigenvalue weighted by Gasteiger charge is -2.04. The molecule has 2 rings (SSSR count). The van der Waals surface area contributed by atoms with Crippen LogP contribution in [0.4, 0.5) is 0 Å². The van der Waals surface area contributed by atoms with Gasteiger partial charge in [-0.25, -0.2) is 4.68 Å². The largest absolute Gasteiger partial charge is 0.359 e. The molecule has 12 heavy (non-hydrogen) atoms. The van der Waals surface area contributed by atoms with Crippen molar-refractivity contribution in [2.45, 2.75) is 26.5 Å². The normalized spacial score (nSPS) is 16.8. The Bertz CT molecular complexity index is 253. The zero-order chi connectivity index (χ0) is 8.39. The molecule has 1 saturated carbocycles. The van der Waals surface area contributed by atoms with Gasteiger partial charge in [-0.2, -0.15) is 5.10 Å². The molecule has 0 aromatic carbocycles. The van der Waals surface area contributed by atoms with Gasteiger partial charge >= 0.3 is 0 Å². The van der Waals surface area contributed by atoms with Crippen LogP contribution in [0.15, 0.2) is 12.3 Å². The average Bonchev–Trinajstić information content (AvgIpc) is 2.78. The second-order valence-electron chi connectivity index (χ2n) is 3.42.